The molecule has 0 aliphatic rings. The molecule has 1 atom stereocenters. The molecule has 0 radical (unpaired) electrons. The fraction of sp³-hybridized carbons (Fsp3) is 0.500. The van der Waals surface area contributed by atoms with Gasteiger partial charge in [-0.3, -0.25) is 4.79 Å². The Morgan fingerprint density at radius 2 is 2.22 bits per heavy atom. The third kappa shape index (κ3) is 4.04. The van der Waals surface area contributed by atoms with Crippen LogP contribution in [0.15, 0.2) is 18.2 Å². The first-order valence-corrected chi connectivity index (χ1v) is 6.36. The fourth-order valence-corrected chi connectivity index (χ4v) is 1.85. The van der Waals surface area contributed by atoms with Crippen molar-refractivity contribution in [3.05, 3.63) is 29.3 Å². The van der Waals surface area contributed by atoms with Crippen LogP contribution in [0.3, 0.4) is 0 Å². The maximum Gasteiger partial charge on any atom is 0.255 e. The highest BCUT2D eigenvalue weighted by atomic mass is 16.3. The van der Waals surface area contributed by atoms with Crippen LogP contribution in [-0.4, -0.2) is 24.1 Å². The summed E-state index contributed by atoms with van der Waals surface area (Å²) in [6, 6.07) is 5.04. The van der Waals surface area contributed by atoms with E-state index in [9.17, 15) is 9.90 Å². The third-order valence-corrected chi connectivity index (χ3v) is 3.10. The van der Waals surface area contributed by atoms with Crippen molar-refractivity contribution < 1.29 is 9.90 Å². The molecule has 1 amide bonds. The van der Waals surface area contributed by atoms with Gasteiger partial charge >= 0.3 is 0 Å². The number of hydrogen-bond acceptors (Lipinski definition) is 3. The first-order chi connectivity index (χ1) is 8.58. The smallest absolute Gasteiger partial charge is 0.255 e. The van der Waals surface area contributed by atoms with E-state index in [0.717, 1.165) is 18.4 Å². The molecule has 0 heterocycles. The minimum absolute atomic E-state index is 0.0272. The molecule has 1 rings (SSSR count). The van der Waals surface area contributed by atoms with Crippen LogP contribution in [-0.2, 0) is 0 Å². The van der Waals surface area contributed by atoms with Gasteiger partial charge in [0.05, 0.1) is 5.56 Å². The molecule has 100 valence electrons. The van der Waals surface area contributed by atoms with Gasteiger partial charge in [0.15, 0.2) is 0 Å². The normalized spacial score (nSPS) is 12.2. The second-order valence-corrected chi connectivity index (χ2v) is 4.58. The van der Waals surface area contributed by atoms with E-state index >= 15 is 0 Å². The molecular weight excluding hydrogens is 228 g/mol. The number of carbonyl (C=O) groups excluding carboxylic acids is 1. The van der Waals surface area contributed by atoms with Crippen molar-refractivity contribution in [3.63, 3.8) is 0 Å². The lowest BCUT2D eigenvalue weighted by Crippen LogP contribution is -2.30. The van der Waals surface area contributed by atoms with Crippen molar-refractivity contribution in [1.29, 1.82) is 0 Å². The van der Waals surface area contributed by atoms with Crippen LogP contribution in [0.1, 0.15) is 35.7 Å². The summed E-state index contributed by atoms with van der Waals surface area (Å²) in [5, 5.41) is 12.5. The first kappa shape index (κ1) is 14.5. The van der Waals surface area contributed by atoms with E-state index < -0.39 is 0 Å². The van der Waals surface area contributed by atoms with E-state index in [1.807, 2.05) is 13.0 Å². The van der Waals surface area contributed by atoms with Crippen molar-refractivity contribution in [2.45, 2.75) is 26.7 Å². The zero-order valence-corrected chi connectivity index (χ0v) is 11.1. The molecular formula is C14H22N2O2. The quantitative estimate of drug-likeness (QED) is 0.720. The number of rotatable bonds is 6. The molecule has 0 aliphatic carbocycles. The number of phenols is 1. The summed E-state index contributed by atoms with van der Waals surface area (Å²) in [5.74, 6) is 0.189. The number of benzene rings is 1. The number of amides is 1. The van der Waals surface area contributed by atoms with Crippen molar-refractivity contribution in [2.75, 3.05) is 13.1 Å². The van der Waals surface area contributed by atoms with Crippen LogP contribution < -0.4 is 11.1 Å². The molecule has 18 heavy (non-hydrogen) atoms. The third-order valence-electron chi connectivity index (χ3n) is 3.10. The van der Waals surface area contributed by atoms with Crippen LogP contribution in [0, 0.1) is 12.8 Å². The number of nitrogens with two attached hydrogens (primary N) is 1. The van der Waals surface area contributed by atoms with E-state index in [2.05, 4.69) is 12.2 Å². The molecule has 0 saturated heterocycles. The van der Waals surface area contributed by atoms with E-state index in [1.54, 1.807) is 12.1 Å². The molecule has 0 spiro atoms. The summed E-state index contributed by atoms with van der Waals surface area (Å²) in [5.41, 5.74) is 6.76. The molecule has 1 aromatic rings. The van der Waals surface area contributed by atoms with Gasteiger partial charge in [0.2, 0.25) is 0 Å². The van der Waals surface area contributed by atoms with Gasteiger partial charge in [-0.05, 0) is 43.5 Å². The van der Waals surface area contributed by atoms with Gasteiger partial charge < -0.3 is 16.2 Å². The predicted octanol–water partition coefficient (Wildman–Crippen LogP) is 1.81. The first-order valence-electron chi connectivity index (χ1n) is 6.36. The van der Waals surface area contributed by atoms with E-state index in [-0.39, 0.29) is 11.7 Å². The highest BCUT2D eigenvalue weighted by Crippen LogP contribution is 2.18. The summed E-state index contributed by atoms with van der Waals surface area (Å²) >= 11 is 0. The Hall–Kier alpha value is -1.55. The monoisotopic (exact) mass is 250 g/mol. The van der Waals surface area contributed by atoms with Crippen LogP contribution in [0.5, 0.6) is 5.75 Å². The number of hydrogen-bond donors (Lipinski definition) is 3. The molecule has 1 aromatic carbocycles. The van der Waals surface area contributed by atoms with Crippen molar-refractivity contribution in [2.24, 2.45) is 11.7 Å². The summed E-state index contributed by atoms with van der Waals surface area (Å²) in [4.78, 5) is 11.9. The lowest BCUT2D eigenvalue weighted by atomic mass is 10.0. The van der Waals surface area contributed by atoms with Gasteiger partial charge in [-0.1, -0.05) is 19.4 Å². The van der Waals surface area contributed by atoms with Crippen LogP contribution >= 0.6 is 0 Å². The van der Waals surface area contributed by atoms with Crippen LogP contribution in [0.4, 0.5) is 0 Å². The highest BCUT2D eigenvalue weighted by Gasteiger charge is 2.12. The summed E-state index contributed by atoms with van der Waals surface area (Å²) < 4.78 is 0. The molecule has 0 aliphatic heterocycles. The minimum Gasteiger partial charge on any atom is -0.507 e. The van der Waals surface area contributed by atoms with Crippen molar-refractivity contribution >= 4 is 5.91 Å². The Morgan fingerprint density at radius 1 is 1.50 bits per heavy atom. The Labute approximate surface area is 108 Å². The average molecular weight is 250 g/mol. The maximum absolute atomic E-state index is 11.9. The lowest BCUT2D eigenvalue weighted by Gasteiger charge is -2.15. The highest BCUT2D eigenvalue weighted by molar-refractivity contribution is 5.96. The Morgan fingerprint density at radius 3 is 2.78 bits per heavy atom. The van der Waals surface area contributed by atoms with Gasteiger partial charge in [-0.2, -0.15) is 0 Å². The number of aryl methyl sites for hydroxylation is 1. The summed E-state index contributed by atoms with van der Waals surface area (Å²) in [7, 11) is 0. The SMILES string of the molecule is CCC(CCN)CNC(=O)c1ccc(C)cc1O. The molecule has 0 saturated carbocycles. The number of phenolic OH excluding ortho intramolecular Hbond substituents is 1. The van der Waals surface area contributed by atoms with E-state index in [1.165, 1.54) is 0 Å². The Balaban J connectivity index is 2.59. The van der Waals surface area contributed by atoms with Crippen LogP contribution in [0.2, 0.25) is 0 Å². The van der Waals surface area contributed by atoms with Crippen LogP contribution in [0.25, 0.3) is 0 Å². The van der Waals surface area contributed by atoms with Crippen molar-refractivity contribution in [1.82, 2.24) is 5.32 Å². The standard InChI is InChI=1S/C14H22N2O2/c1-3-11(6-7-15)9-16-14(18)12-5-4-10(2)8-13(12)17/h4-5,8,11,17H,3,6-7,9,15H2,1-2H3,(H,16,18). The number of aromatic hydroxyl groups is 1. The molecule has 0 fully saturated rings. The molecule has 0 bridgehead atoms. The van der Waals surface area contributed by atoms with E-state index in [4.69, 9.17) is 5.73 Å². The molecule has 4 N–H and O–H groups in total. The molecule has 4 heteroatoms. The predicted molar refractivity (Wildman–Crippen MR) is 72.6 cm³/mol. The largest absolute Gasteiger partial charge is 0.507 e. The fourth-order valence-electron chi connectivity index (χ4n) is 1.85. The molecule has 0 aromatic heterocycles. The van der Waals surface area contributed by atoms with Gasteiger partial charge in [-0.25, -0.2) is 0 Å². The summed E-state index contributed by atoms with van der Waals surface area (Å²) in [6.45, 7) is 5.18. The molecule has 4 nitrogen and oxygen atoms in total. The zero-order valence-electron chi connectivity index (χ0n) is 11.1. The lowest BCUT2D eigenvalue weighted by molar-refractivity contribution is 0.0943. The molecule has 1 unspecified atom stereocenters. The second-order valence-electron chi connectivity index (χ2n) is 4.58. The minimum atomic E-state index is -0.233. The van der Waals surface area contributed by atoms with Gasteiger partial charge in [-0.15, -0.1) is 0 Å². The van der Waals surface area contributed by atoms with E-state index in [0.29, 0.717) is 24.6 Å². The van der Waals surface area contributed by atoms with Gasteiger partial charge in [0.1, 0.15) is 5.75 Å². The number of nitrogens with one attached hydrogen (secondary N) is 1. The van der Waals surface area contributed by atoms with Gasteiger partial charge in [0, 0.05) is 6.54 Å². The second kappa shape index (κ2) is 7.01. The maximum atomic E-state index is 11.9. The topological polar surface area (TPSA) is 75.3 Å². The average Bonchev–Trinajstić information content (AvgIpc) is 2.34. The summed E-state index contributed by atoms with van der Waals surface area (Å²) in [6.07, 6.45) is 1.88. The zero-order chi connectivity index (χ0) is 13.5. The Bertz CT molecular complexity index is 405. The Kier molecular flexibility index (Phi) is 5.65. The van der Waals surface area contributed by atoms with Crippen molar-refractivity contribution in [3.8, 4) is 5.75 Å². The number of carbonyl (C=O) groups is 1. The van der Waals surface area contributed by atoms with Gasteiger partial charge in [0.25, 0.3) is 5.91 Å².